The highest BCUT2D eigenvalue weighted by Gasteiger charge is 2.13. The van der Waals surface area contributed by atoms with Crippen molar-refractivity contribution in [2.24, 2.45) is 0 Å². The zero-order valence-electron chi connectivity index (χ0n) is 9.65. The van der Waals surface area contributed by atoms with Crippen molar-refractivity contribution >= 4 is 5.97 Å². The van der Waals surface area contributed by atoms with Gasteiger partial charge in [0.15, 0.2) is 0 Å². The Kier molecular flexibility index (Phi) is 3.70. The number of H-pyrrole nitrogens is 1. The maximum Gasteiger partial charge on any atom is 0.355 e. The van der Waals surface area contributed by atoms with Crippen molar-refractivity contribution < 1.29 is 18.3 Å². The molecule has 0 fully saturated rings. The molecule has 2 rings (SSSR count). The number of nitrogens with one attached hydrogen (secondary N) is 1. The first-order valence-electron chi connectivity index (χ1n) is 5.37. The predicted octanol–water partition coefficient (Wildman–Crippen LogP) is 2.01. The number of carbonyl (C=O) groups excluding carboxylic acids is 1. The Morgan fingerprint density at radius 2 is 1.74 bits per heavy atom. The highest BCUT2D eigenvalue weighted by Crippen LogP contribution is 2.13. The summed E-state index contributed by atoms with van der Waals surface area (Å²) in [5.41, 5.74) is -0.884. The van der Waals surface area contributed by atoms with E-state index in [1.54, 1.807) is 0 Å². The molecule has 19 heavy (non-hydrogen) atoms. The van der Waals surface area contributed by atoms with Crippen molar-refractivity contribution in [1.82, 2.24) is 4.98 Å². The van der Waals surface area contributed by atoms with Crippen LogP contribution in [0, 0.1) is 11.6 Å². The van der Waals surface area contributed by atoms with Gasteiger partial charge in [0.25, 0.3) is 0 Å². The van der Waals surface area contributed by atoms with Crippen LogP contribution in [0.3, 0.4) is 0 Å². The maximum absolute atomic E-state index is 13.3. The average molecular weight is 265 g/mol. The van der Waals surface area contributed by atoms with Crippen LogP contribution in [0.1, 0.15) is 16.1 Å². The Hall–Kier alpha value is -2.50. The molecule has 0 saturated heterocycles. The molecule has 1 heterocycles. The van der Waals surface area contributed by atoms with Crippen LogP contribution >= 0.6 is 0 Å². The van der Waals surface area contributed by atoms with Gasteiger partial charge in [-0.3, -0.25) is 4.79 Å². The summed E-state index contributed by atoms with van der Waals surface area (Å²) >= 11 is 0. The second-order valence-electron chi connectivity index (χ2n) is 3.71. The molecule has 2 aromatic rings. The summed E-state index contributed by atoms with van der Waals surface area (Å²) in [6, 6.07) is 7.28. The molecule has 98 valence electrons. The van der Waals surface area contributed by atoms with Crippen molar-refractivity contribution in [3.63, 3.8) is 0 Å². The van der Waals surface area contributed by atoms with E-state index in [0.29, 0.717) is 0 Å². The quantitative estimate of drug-likeness (QED) is 0.863. The lowest BCUT2D eigenvalue weighted by Crippen LogP contribution is -2.14. The first kappa shape index (κ1) is 12.9. The molecule has 0 bridgehead atoms. The Morgan fingerprint density at radius 3 is 2.37 bits per heavy atom. The van der Waals surface area contributed by atoms with Crippen LogP contribution in [0.2, 0.25) is 0 Å². The van der Waals surface area contributed by atoms with E-state index in [9.17, 15) is 18.4 Å². The number of aromatic nitrogens is 1. The van der Waals surface area contributed by atoms with E-state index >= 15 is 0 Å². The predicted molar refractivity (Wildman–Crippen MR) is 62.5 cm³/mol. The molecule has 0 aliphatic rings. The molecule has 1 aromatic heterocycles. The first-order valence-corrected chi connectivity index (χ1v) is 5.37. The number of pyridine rings is 1. The van der Waals surface area contributed by atoms with Crippen molar-refractivity contribution in [2.45, 2.75) is 6.61 Å². The zero-order valence-corrected chi connectivity index (χ0v) is 9.65. The summed E-state index contributed by atoms with van der Waals surface area (Å²) in [7, 11) is 0. The minimum Gasteiger partial charge on any atom is -0.456 e. The van der Waals surface area contributed by atoms with Crippen molar-refractivity contribution in [3.8, 4) is 0 Å². The normalized spacial score (nSPS) is 10.2. The van der Waals surface area contributed by atoms with Gasteiger partial charge in [-0.25, -0.2) is 13.6 Å². The van der Waals surface area contributed by atoms with Gasteiger partial charge in [-0.1, -0.05) is 12.1 Å². The van der Waals surface area contributed by atoms with E-state index in [0.717, 1.165) is 12.1 Å². The molecule has 0 spiro atoms. The van der Waals surface area contributed by atoms with Crippen LogP contribution in [0.4, 0.5) is 8.78 Å². The molecule has 6 heteroatoms. The molecule has 4 nitrogen and oxygen atoms in total. The molecule has 1 N–H and O–H groups in total. The molecule has 0 saturated carbocycles. The summed E-state index contributed by atoms with van der Waals surface area (Å²) in [6.07, 6.45) is 0. The fourth-order valence-electron chi connectivity index (χ4n) is 1.45. The SMILES string of the molecule is O=C(OCc1c(F)cccc1F)c1cccc(=O)[nH]1. The van der Waals surface area contributed by atoms with Crippen LogP contribution in [-0.2, 0) is 11.3 Å². The van der Waals surface area contributed by atoms with Crippen LogP contribution in [0.15, 0.2) is 41.2 Å². The molecule has 0 aliphatic heterocycles. The van der Waals surface area contributed by atoms with Gasteiger partial charge in [-0.2, -0.15) is 0 Å². The van der Waals surface area contributed by atoms with Gasteiger partial charge in [0.05, 0.1) is 5.56 Å². The standard InChI is InChI=1S/C13H9F2NO3/c14-9-3-1-4-10(15)8(9)7-19-13(18)11-5-2-6-12(17)16-11/h1-6H,7H2,(H,16,17). The highest BCUT2D eigenvalue weighted by atomic mass is 19.1. The number of ether oxygens (including phenoxy) is 1. The van der Waals surface area contributed by atoms with Gasteiger partial charge in [0, 0.05) is 6.07 Å². The average Bonchev–Trinajstić information content (AvgIpc) is 2.38. The second kappa shape index (κ2) is 5.43. The number of carbonyl (C=O) groups is 1. The topological polar surface area (TPSA) is 59.2 Å². The van der Waals surface area contributed by atoms with Gasteiger partial charge in [0.1, 0.15) is 23.9 Å². The lowest BCUT2D eigenvalue weighted by Gasteiger charge is -2.06. The van der Waals surface area contributed by atoms with E-state index < -0.39 is 29.8 Å². The number of aromatic amines is 1. The van der Waals surface area contributed by atoms with Crippen LogP contribution < -0.4 is 5.56 Å². The van der Waals surface area contributed by atoms with Crippen LogP contribution in [0.25, 0.3) is 0 Å². The second-order valence-corrected chi connectivity index (χ2v) is 3.71. The number of hydrogen-bond donors (Lipinski definition) is 1. The number of hydrogen-bond acceptors (Lipinski definition) is 3. The summed E-state index contributed by atoms with van der Waals surface area (Å²) in [5, 5.41) is 0. The minimum absolute atomic E-state index is 0.0794. The van der Waals surface area contributed by atoms with Crippen molar-refractivity contribution in [1.29, 1.82) is 0 Å². The fraction of sp³-hybridized carbons (Fsp3) is 0.0769. The molecule has 0 atom stereocenters. The van der Waals surface area contributed by atoms with E-state index in [1.165, 1.54) is 24.3 Å². The third-order valence-corrected chi connectivity index (χ3v) is 2.40. The lowest BCUT2D eigenvalue weighted by atomic mass is 10.2. The van der Waals surface area contributed by atoms with Gasteiger partial charge >= 0.3 is 5.97 Å². The lowest BCUT2D eigenvalue weighted by molar-refractivity contribution is 0.0457. The Labute approximate surface area is 106 Å². The summed E-state index contributed by atoms with van der Waals surface area (Å²) in [5.74, 6) is -2.45. The summed E-state index contributed by atoms with van der Waals surface area (Å²) in [4.78, 5) is 24.8. The van der Waals surface area contributed by atoms with Gasteiger partial charge in [0.2, 0.25) is 5.56 Å². The monoisotopic (exact) mass is 265 g/mol. The van der Waals surface area contributed by atoms with Crippen molar-refractivity contribution in [3.05, 3.63) is 69.6 Å². The molecule has 0 unspecified atom stereocenters. The molecular weight excluding hydrogens is 256 g/mol. The Morgan fingerprint density at radius 1 is 1.11 bits per heavy atom. The largest absolute Gasteiger partial charge is 0.456 e. The minimum atomic E-state index is -0.861. The Bertz CT molecular complexity index is 647. The van der Waals surface area contributed by atoms with Crippen LogP contribution in [0.5, 0.6) is 0 Å². The molecular formula is C13H9F2NO3. The van der Waals surface area contributed by atoms with Gasteiger partial charge in [-0.15, -0.1) is 0 Å². The maximum atomic E-state index is 13.3. The highest BCUT2D eigenvalue weighted by molar-refractivity contribution is 5.87. The third kappa shape index (κ3) is 3.04. The van der Waals surface area contributed by atoms with E-state index in [2.05, 4.69) is 4.98 Å². The van der Waals surface area contributed by atoms with E-state index in [1.807, 2.05) is 0 Å². The smallest absolute Gasteiger partial charge is 0.355 e. The number of esters is 1. The number of benzene rings is 1. The molecule has 0 amide bonds. The third-order valence-electron chi connectivity index (χ3n) is 2.40. The first-order chi connectivity index (χ1) is 9.08. The molecule has 1 aromatic carbocycles. The molecule has 0 aliphatic carbocycles. The van der Waals surface area contributed by atoms with E-state index in [-0.39, 0.29) is 11.3 Å². The van der Waals surface area contributed by atoms with Crippen molar-refractivity contribution in [2.75, 3.05) is 0 Å². The zero-order chi connectivity index (χ0) is 13.8. The van der Waals surface area contributed by atoms with Gasteiger partial charge < -0.3 is 9.72 Å². The number of halogens is 2. The fourth-order valence-corrected chi connectivity index (χ4v) is 1.45. The van der Waals surface area contributed by atoms with E-state index in [4.69, 9.17) is 4.74 Å². The summed E-state index contributed by atoms with van der Waals surface area (Å²) < 4.78 is 31.3. The number of rotatable bonds is 3. The van der Waals surface area contributed by atoms with Gasteiger partial charge in [-0.05, 0) is 18.2 Å². The van der Waals surface area contributed by atoms with Crippen LogP contribution in [-0.4, -0.2) is 11.0 Å². The molecule has 0 radical (unpaired) electrons. The Balaban J connectivity index is 2.11. The summed E-state index contributed by atoms with van der Waals surface area (Å²) in [6.45, 7) is -0.547.